The summed E-state index contributed by atoms with van der Waals surface area (Å²) in [5.41, 5.74) is 0. The summed E-state index contributed by atoms with van der Waals surface area (Å²) >= 11 is 0. The highest BCUT2D eigenvalue weighted by Gasteiger charge is 2.30. The van der Waals surface area contributed by atoms with E-state index < -0.39 is 44.4 Å². The minimum absolute atomic E-state index is 0.0249. The molecular weight excluding hydrogens is 380 g/mol. The highest BCUT2D eigenvalue weighted by molar-refractivity contribution is 7.87. The first-order valence-electron chi connectivity index (χ1n) is 7.78. The highest BCUT2D eigenvalue weighted by atomic mass is 32.2. The van der Waals surface area contributed by atoms with Gasteiger partial charge in [0.25, 0.3) is 20.2 Å². The van der Waals surface area contributed by atoms with Crippen molar-refractivity contribution in [3.05, 3.63) is 0 Å². The number of hydrogen-bond donors (Lipinski definition) is 0. The molecule has 0 bridgehead atoms. The van der Waals surface area contributed by atoms with Crippen LogP contribution in [0, 0.1) is 0 Å². The summed E-state index contributed by atoms with van der Waals surface area (Å²) in [6, 6.07) is 0. The first-order valence-corrected chi connectivity index (χ1v) is 10.9. The largest absolute Gasteiger partial charge is 0.463 e. The zero-order valence-electron chi connectivity index (χ0n) is 13.4. The first kappa shape index (κ1) is 20.1. The number of esters is 2. The van der Waals surface area contributed by atoms with Gasteiger partial charge < -0.3 is 9.47 Å². The Bertz CT molecular complexity index is 636. The molecule has 10 nitrogen and oxygen atoms in total. The number of ether oxygens (including phenoxy) is 2. The van der Waals surface area contributed by atoms with Crippen LogP contribution in [0.3, 0.4) is 0 Å². The average Bonchev–Trinajstić information content (AvgIpc) is 3.04. The van der Waals surface area contributed by atoms with Crippen LogP contribution in [0.2, 0.25) is 0 Å². The van der Waals surface area contributed by atoms with Gasteiger partial charge in [-0.2, -0.15) is 16.8 Å². The van der Waals surface area contributed by atoms with Gasteiger partial charge in [-0.25, -0.2) is 0 Å². The van der Waals surface area contributed by atoms with Crippen molar-refractivity contribution in [2.75, 3.05) is 24.7 Å². The van der Waals surface area contributed by atoms with Gasteiger partial charge in [0, 0.05) is 12.8 Å². The maximum absolute atomic E-state index is 11.5. The van der Waals surface area contributed by atoms with Crippen molar-refractivity contribution in [2.24, 2.45) is 0 Å². The molecule has 2 aliphatic heterocycles. The molecule has 2 atom stereocenters. The fourth-order valence-electron chi connectivity index (χ4n) is 2.27. The van der Waals surface area contributed by atoms with Gasteiger partial charge in [0.2, 0.25) is 0 Å². The summed E-state index contributed by atoms with van der Waals surface area (Å²) in [4.78, 5) is 23.0. The molecular formula is C13H20O10S2. The van der Waals surface area contributed by atoms with Crippen molar-refractivity contribution in [2.45, 2.75) is 44.3 Å². The molecule has 2 saturated heterocycles. The molecule has 0 radical (unpaired) electrons. The third-order valence-electron chi connectivity index (χ3n) is 3.57. The number of carbonyl (C=O) groups is 2. The Kier molecular flexibility index (Phi) is 6.77. The Morgan fingerprint density at radius 2 is 1.20 bits per heavy atom. The Morgan fingerprint density at radius 1 is 0.800 bits per heavy atom. The van der Waals surface area contributed by atoms with Gasteiger partial charge >= 0.3 is 11.9 Å². The third-order valence-corrected chi connectivity index (χ3v) is 6.17. The molecule has 0 saturated carbocycles. The van der Waals surface area contributed by atoms with E-state index in [0.29, 0.717) is 0 Å². The van der Waals surface area contributed by atoms with Crippen LogP contribution in [0.1, 0.15) is 32.1 Å². The molecule has 2 rings (SSSR count). The zero-order chi connectivity index (χ0) is 18.5. The normalized spacial score (nSPS) is 27.0. The second-order valence-corrected chi connectivity index (χ2v) is 9.19. The van der Waals surface area contributed by atoms with E-state index in [9.17, 15) is 26.4 Å². The lowest BCUT2D eigenvalue weighted by molar-refractivity contribution is -0.147. The third kappa shape index (κ3) is 7.26. The molecule has 0 aromatic heterocycles. The molecule has 0 aromatic rings. The molecule has 144 valence electrons. The van der Waals surface area contributed by atoms with E-state index in [2.05, 4.69) is 0 Å². The molecule has 2 aliphatic rings. The molecule has 0 amide bonds. The van der Waals surface area contributed by atoms with Crippen molar-refractivity contribution < 1.29 is 44.3 Å². The second kappa shape index (κ2) is 8.43. The van der Waals surface area contributed by atoms with Crippen LogP contribution in [0.15, 0.2) is 0 Å². The zero-order valence-corrected chi connectivity index (χ0v) is 15.1. The molecule has 0 spiro atoms. The van der Waals surface area contributed by atoms with Crippen LogP contribution in [0.5, 0.6) is 0 Å². The standard InChI is InChI=1S/C13H20O10S2/c14-12(20-8-10-4-6-24(16,17)22-10)2-1-3-13(15)21-9-11-5-7-25(18,19)23-11/h10-11H,1-9H2. The maximum Gasteiger partial charge on any atom is 0.305 e. The van der Waals surface area contributed by atoms with Crippen molar-refractivity contribution >= 4 is 32.2 Å². The first-order chi connectivity index (χ1) is 11.7. The van der Waals surface area contributed by atoms with Crippen LogP contribution in [-0.4, -0.2) is 65.7 Å². The molecule has 25 heavy (non-hydrogen) atoms. The van der Waals surface area contributed by atoms with E-state index in [-0.39, 0.29) is 56.8 Å². The molecule has 2 heterocycles. The van der Waals surface area contributed by atoms with Gasteiger partial charge in [-0.1, -0.05) is 0 Å². The monoisotopic (exact) mass is 400 g/mol. The van der Waals surface area contributed by atoms with E-state index in [4.69, 9.17) is 17.8 Å². The quantitative estimate of drug-likeness (QED) is 0.386. The van der Waals surface area contributed by atoms with Gasteiger partial charge in [0.1, 0.15) is 25.4 Å². The fourth-order valence-corrected chi connectivity index (χ4v) is 4.70. The topological polar surface area (TPSA) is 139 Å². The minimum Gasteiger partial charge on any atom is -0.463 e. The molecule has 0 aliphatic carbocycles. The molecule has 2 unspecified atom stereocenters. The lowest BCUT2D eigenvalue weighted by atomic mass is 10.2. The van der Waals surface area contributed by atoms with Crippen molar-refractivity contribution in [3.8, 4) is 0 Å². The highest BCUT2D eigenvalue weighted by Crippen LogP contribution is 2.17. The van der Waals surface area contributed by atoms with Crippen LogP contribution in [0.4, 0.5) is 0 Å². The van der Waals surface area contributed by atoms with Crippen LogP contribution >= 0.6 is 0 Å². The Balaban J connectivity index is 1.53. The molecule has 12 heteroatoms. The van der Waals surface area contributed by atoms with E-state index in [1.807, 2.05) is 0 Å². The lowest BCUT2D eigenvalue weighted by Crippen LogP contribution is -2.19. The van der Waals surface area contributed by atoms with E-state index in [0.717, 1.165) is 0 Å². The van der Waals surface area contributed by atoms with Crippen molar-refractivity contribution in [1.29, 1.82) is 0 Å². The Labute approximate surface area is 146 Å². The molecule has 2 fully saturated rings. The average molecular weight is 400 g/mol. The van der Waals surface area contributed by atoms with Gasteiger partial charge in [0.05, 0.1) is 11.5 Å². The summed E-state index contributed by atoms with van der Waals surface area (Å²) in [5, 5.41) is 0. The Hall–Kier alpha value is -1.24. The summed E-state index contributed by atoms with van der Waals surface area (Å²) in [6.45, 7) is -0.286. The Morgan fingerprint density at radius 3 is 1.52 bits per heavy atom. The van der Waals surface area contributed by atoms with Crippen LogP contribution in [0.25, 0.3) is 0 Å². The SMILES string of the molecule is O=C(CCCC(=O)OCC1CCS(=O)(=O)O1)OCC1CCS(=O)(=O)O1. The van der Waals surface area contributed by atoms with Gasteiger partial charge in [-0.05, 0) is 19.3 Å². The van der Waals surface area contributed by atoms with Crippen LogP contribution < -0.4 is 0 Å². The predicted octanol–water partition coefficient (Wildman–Crippen LogP) is -0.519. The number of rotatable bonds is 8. The summed E-state index contributed by atoms with van der Waals surface area (Å²) in [6.07, 6.45) is -0.595. The van der Waals surface area contributed by atoms with Crippen LogP contribution in [-0.2, 0) is 47.7 Å². The smallest absolute Gasteiger partial charge is 0.305 e. The fraction of sp³-hybridized carbons (Fsp3) is 0.846. The summed E-state index contributed by atoms with van der Waals surface area (Å²) in [7, 11) is -6.99. The van der Waals surface area contributed by atoms with Gasteiger partial charge in [0.15, 0.2) is 0 Å². The summed E-state index contributed by atoms with van der Waals surface area (Å²) < 4.78 is 63.5. The van der Waals surface area contributed by atoms with Crippen molar-refractivity contribution in [3.63, 3.8) is 0 Å². The minimum atomic E-state index is -3.49. The van der Waals surface area contributed by atoms with E-state index in [1.54, 1.807) is 0 Å². The summed E-state index contributed by atoms with van der Waals surface area (Å²) in [5.74, 6) is -1.31. The number of carbonyl (C=O) groups excluding carboxylic acids is 2. The predicted molar refractivity (Wildman–Crippen MR) is 82.3 cm³/mol. The van der Waals surface area contributed by atoms with E-state index >= 15 is 0 Å². The maximum atomic E-state index is 11.5. The lowest BCUT2D eigenvalue weighted by Gasteiger charge is -2.10. The number of hydrogen-bond acceptors (Lipinski definition) is 10. The van der Waals surface area contributed by atoms with Gasteiger partial charge in [-0.15, -0.1) is 0 Å². The second-order valence-electron chi connectivity index (χ2n) is 5.76. The van der Waals surface area contributed by atoms with Crippen molar-refractivity contribution in [1.82, 2.24) is 0 Å². The molecule has 0 N–H and O–H groups in total. The van der Waals surface area contributed by atoms with Gasteiger partial charge in [-0.3, -0.25) is 18.0 Å². The van der Waals surface area contributed by atoms with E-state index in [1.165, 1.54) is 0 Å². The molecule has 0 aromatic carbocycles.